The predicted molar refractivity (Wildman–Crippen MR) is 75.1 cm³/mol. The van der Waals surface area contributed by atoms with Gasteiger partial charge in [-0.3, -0.25) is 0 Å². The van der Waals surface area contributed by atoms with Crippen molar-refractivity contribution >= 4 is 25.2 Å². The second-order valence-corrected chi connectivity index (χ2v) is 20.1. The maximum absolute atomic E-state index is 5.89. The fourth-order valence-electron chi connectivity index (χ4n) is 2.23. The minimum atomic E-state index is -1.32. The van der Waals surface area contributed by atoms with Gasteiger partial charge in [-0.1, -0.05) is 39.2 Å². The van der Waals surface area contributed by atoms with Crippen molar-refractivity contribution in [2.24, 2.45) is 0 Å². The fourth-order valence-corrected chi connectivity index (χ4v) is 21.4. The van der Waals surface area contributed by atoms with Crippen LogP contribution in [0.1, 0.15) is 6.92 Å². The summed E-state index contributed by atoms with van der Waals surface area (Å²) in [5.74, 6) is 0. The van der Waals surface area contributed by atoms with Gasteiger partial charge >= 0.3 is 0 Å². The fraction of sp³-hybridized carbons (Fsp3) is 1.00. The Morgan fingerprint density at radius 3 is 1.93 bits per heavy atom. The van der Waals surface area contributed by atoms with Crippen LogP contribution in [0.15, 0.2) is 0 Å². The van der Waals surface area contributed by atoms with Crippen LogP contribution < -0.4 is 0 Å². The average Bonchev–Trinajstić information content (AvgIpc) is 2.02. The molecule has 86 valence electrons. The molecule has 0 aliphatic carbocycles. The molecule has 0 rings (SSSR count). The molecule has 0 aliphatic rings. The Labute approximate surface area is 94.0 Å². The molecule has 0 bridgehead atoms. The molecule has 1 nitrogen and oxygen atoms in total. The van der Waals surface area contributed by atoms with E-state index in [2.05, 4.69) is 39.7 Å². The summed E-state index contributed by atoms with van der Waals surface area (Å²) in [4.78, 5) is 0. The van der Waals surface area contributed by atoms with E-state index in [0.717, 1.165) is 0 Å². The van der Waals surface area contributed by atoms with Crippen LogP contribution in [0.3, 0.4) is 0 Å². The van der Waals surface area contributed by atoms with Gasteiger partial charge in [0.1, 0.15) is 0 Å². The van der Waals surface area contributed by atoms with E-state index in [0.29, 0.717) is 0 Å². The van der Waals surface area contributed by atoms with E-state index in [1.807, 2.05) is 7.11 Å². The zero-order valence-corrected chi connectivity index (χ0v) is 14.3. The molecule has 0 saturated heterocycles. The number of rotatable bonds is 6. The molecule has 0 radical (unpaired) electrons. The molecular weight excluding hydrogens is 220 g/mol. The zero-order chi connectivity index (χ0) is 11.4. The largest absolute Gasteiger partial charge is 0.421 e. The van der Waals surface area contributed by atoms with Crippen LogP contribution in [0.2, 0.25) is 50.1 Å². The van der Waals surface area contributed by atoms with Gasteiger partial charge in [-0.05, 0) is 17.9 Å². The van der Waals surface area contributed by atoms with Gasteiger partial charge in [0.05, 0.1) is 0 Å². The van der Waals surface area contributed by atoms with Gasteiger partial charge in [-0.15, -0.1) is 0 Å². The van der Waals surface area contributed by atoms with E-state index in [4.69, 9.17) is 4.43 Å². The van der Waals surface area contributed by atoms with Crippen LogP contribution in [0.4, 0.5) is 0 Å². The summed E-state index contributed by atoms with van der Waals surface area (Å²) in [6, 6.07) is 1.40. The van der Waals surface area contributed by atoms with Crippen LogP contribution in [0.25, 0.3) is 0 Å². The van der Waals surface area contributed by atoms with Crippen molar-refractivity contribution < 1.29 is 4.43 Å². The van der Waals surface area contributed by atoms with Gasteiger partial charge in [0.15, 0.2) is 8.32 Å². The first-order valence-electron chi connectivity index (χ1n) is 5.80. The van der Waals surface area contributed by atoms with E-state index >= 15 is 0 Å². The summed E-state index contributed by atoms with van der Waals surface area (Å²) in [5.41, 5.74) is 2.91. The maximum Gasteiger partial charge on any atom is 0.183 e. The SMILES string of the molecule is CC[Si](C)(C)C[Si](C)(C[SiH](C)C)OC. The van der Waals surface area contributed by atoms with E-state index in [1.54, 1.807) is 0 Å². The molecule has 0 N–H and O–H groups in total. The van der Waals surface area contributed by atoms with Gasteiger partial charge < -0.3 is 4.43 Å². The van der Waals surface area contributed by atoms with Crippen LogP contribution in [-0.2, 0) is 4.43 Å². The van der Waals surface area contributed by atoms with Crippen LogP contribution in [-0.4, -0.2) is 32.3 Å². The first-order valence-corrected chi connectivity index (χ1v) is 15.2. The van der Waals surface area contributed by atoms with Crippen molar-refractivity contribution in [3.8, 4) is 0 Å². The molecule has 0 aromatic carbocycles. The Hall–Kier alpha value is 0.611. The highest BCUT2D eigenvalue weighted by Gasteiger charge is 2.35. The van der Waals surface area contributed by atoms with Gasteiger partial charge in [0.2, 0.25) is 0 Å². The van der Waals surface area contributed by atoms with Crippen molar-refractivity contribution in [2.75, 3.05) is 7.11 Å². The topological polar surface area (TPSA) is 9.23 Å². The molecule has 4 heteroatoms. The van der Waals surface area contributed by atoms with Crippen LogP contribution >= 0.6 is 0 Å². The lowest BCUT2D eigenvalue weighted by atomic mass is 11.0. The molecule has 0 saturated carbocycles. The molecule has 0 heterocycles. The van der Waals surface area contributed by atoms with Crippen molar-refractivity contribution in [3.63, 3.8) is 0 Å². The standard InChI is InChI=1S/C10H28OSi3/c1-8-13(5,6)10-14(7,11-2)9-12(3)4/h12H,8-10H2,1-7H3. The number of hydrogen-bond acceptors (Lipinski definition) is 1. The second kappa shape index (κ2) is 5.63. The lowest BCUT2D eigenvalue weighted by Crippen LogP contribution is -2.45. The highest BCUT2D eigenvalue weighted by Crippen LogP contribution is 2.27. The van der Waals surface area contributed by atoms with Gasteiger partial charge in [-0.25, -0.2) is 0 Å². The Kier molecular flexibility index (Phi) is 5.87. The van der Waals surface area contributed by atoms with E-state index < -0.39 is 25.2 Å². The first kappa shape index (κ1) is 14.6. The lowest BCUT2D eigenvalue weighted by Gasteiger charge is -2.34. The Morgan fingerprint density at radius 1 is 1.14 bits per heavy atom. The summed E-state index contributed by atoms with van der Waals surface area (Å²) >= 11 is 0. The summed E-state index contributed by atoms with van der Waals surface area (Å²) in [7, 11) is -0.768. The highest BCUT2D eigenvalue weighted by molar-refractivity contribution is 6.96. The summed E-state index contributed by atoms with van der Waals surface area (Å²) in [6.07, 6.45) is 0. The lowest BCUT2D eigenvalue weighted by molar-refractivity contribution is 0.406. The van der Waals surface area contributed by atoms with Crippen molar-refractivity contribution in [1.29, 1.82) is 0 Å². The van der Waals surface area contributed by atoms with Crippen molar-refractivity contribution in [3.05, 3.63) is 0 Å². The van der Waals surface area contributed by atoms with Gasteiger partial charge in [-0.2, -0.15) is 0 Å². The molecular formula is C10H28OSi3. The van der Waals surface area contributed by atoms with Crippen LogP contribution in [0, 0.1) is 0 Å². The first-order chi connectivity index (χ1) is 6.24. The van der Waals surface area contributed by atoms with Crippen molar-refractivity contribution in [1.82, 2.24) is 0 Å². The van der Waals surface area contributed by atoms with E-state index in [-0.39, 0.29) is 0 Å². The highest BCUT2D eigenvalue weighted by atomic mass is 28.4. The number of hydrogen-bond donors (Lipinski definition) is 0. The minimum Gasteiger partial charge on any atom is -0.421 e. The molecule has 0 aromatic rings. The molecule has 1 unspecified atom stereocenters. The average molecular weight is 249 g/mol. The molecule has 0 fully saturated rings. The smallest absolute Gasteiger partial charge is 0.183 e. The molecule has 0 aliphatic heterocycles. The Bertz CT molecular complexity index is 171. The van der Waals surface area contributed by atoms with E-state index in [1.165, 1.54) is 17.4 Å². The quantitative estimate of drug-likeness (QED) is 0.654. The summed E-state index contributed by atoms with van der Waals surface area (Å²) < 4.78 is 5.89. The molecule has 0 aromatic heterocycles. The summed E-state index contributed by atoms with van der Waals surface area (Å²) in [5, 5.41) is 0. The third kappa shape index (κ3) is 5.48. The van der Waals surface area contributed by atoms with Crippen LogP contribution in [0.5, 0.6) is 0 Å². The minimum absolute atomic E-state index is 0.455. The van der Waals surface area contributed by atoms with E-state index in [9.17, 15) is 0 Å². The Balaban J connectivity index is 4.39. The van der Waals surface area contributed by atoms with Crippen molar-refractivity contribution in [2.45, 2.75) is 57.0 Å². The van der Waals surface area contributed by atoms with Gasteiger partial charge in [0.25, 0.3) is 0 Å². The zero-order valence-electron chi connectivity index (χ0n) is 11.1. The molecule has 14 heavy (non-hydrogen) atoms. The summed E-state index contributed by atoms with van der Waals surface area (Å²) in [6.45, 7) is 14.7. The third-order valence-corrected chi connectivity index (χ3v) is 19.6. The monoisotopic (exact) mass is 248 g/mol. The molecule has 0 spiro atoms. The predicted octanol–water partition coefficient (Wildman–Crippen LogP) is 3.50. The molecule has 0 amide bonds. The third-order valence-electron chi connectivity index (χ3n) is 3.14. The second-order valence-electron chi connectivity index (χ2n) is 5.95. The normalized spacial score (nSPS) is 17.1. The Morgan fingerprint density at radius 2 is 1.64 bits per heavy atom. The van der Waals surface area contributed by atoms with Gasteiger partial charge in [0, 0.05) is 24.0 Å². The maximum atomic E-state index is 5.89. The molecule has 1 atom stereocenters.